The van der Waals surface area contributed by atoms with Crippen molar-refractivity contribution in [1.82, 2.24) is 0 Å². The van der Waals surface area contributed by atoms with Gasteiger partial charge in [-0.3, -0.25) is 0 Å². The van der Waals surface area contributed by atoms with Crippen LogP contribution in [0.5, 0.6) is 23.0 Å². The predicted molar refractivity (Wildman–Crippen MR) is 176 cm³/mol. The standard InChI is InChI=1S/C35H26Cl2N2O5S/c1-3-41-28-15-21(11-14-26(28)42-18-20-9-7-19(2)8-10-20)30-23-13-12-22(16-27(23)44-34(39)24(30)17-38)43-35(40)33-32(37)31-25(36)5-4-6-29(31)45-33/h4-16,30H,3,18,39H2,1-2H3. The third kappa shape index (κ3) is 6.03. The van der Waals surface area contributed by atoms with Gasteiger partial charge in [-0.25, -0.2) is 4.79 Å². The van der Waals surface area contributed by atoms with Crippen molar-refractivity contribution in [3.05, 3.63) is 127 Å². The average Bonchev–Trinajstić information content (AvgIpc) is 3.38. The van der Waals surface area contributed by atoms with Gasteiger partial charge >= 0.3 is 5.97 Å². The lowest BCUT2D eigenvalue weighted by Crippen LogP contribution is -2.21. The minimum absolute atomic E-state index is 0.0432. The average molecular weight is 658 g/mol. The highest BCUT2D eigenvalue weighted by Gasteiger charge is 2.32. The normalized spacial score (nSPS) is 14.0. The summed E-state index contributed by atoms with van der Waals surface area (Å²) in [6.45, 7) is 4.72. The van der Waals surface area contributed by atoms with Gasteiger partial charge in [0.05, 0.1) is 22.6 Å². The van der Waals surface area contributed by atoms with Gasteiger partial charge < -0.3 is 24.7 Å². The molecule has 1 aliphatic heterocycles. The number of aryl methyl sites for hydroxylation is 1. The van der Waals surface area contributed by atoms with E-state index < -0.39 is 11.9 Å². The molecule has 45 heavy (non-hydrogen) atoms. The summed E-state index contributed by atoms with van der Waals surface area (Å²) >= 11 is 14.0. The number of nitrogens with zero attached hydrogens (tertiary/aromatic N) is 1. The molecule has 0 bridgehead atoms. The third-order valence-corrected chi connectivity index (χ3v) is 9.25. The van der Waals surface area contributed by atoms with Crippen molar-refractivity contribution in [3.63, 3.8) is 0 Å². The second kappa shape index (κ2) is 12.7. The number of ether oxygens (including phenoxy) is 4. The Bertz CT molecular complexity index is 2010. The molecule has 1 unspecified atom stereocenters. The summed E-state index contributed by atoms with van der Waals surface area (Å²) in [5.41, 5.74) is 10.1. The fourth-order valence-corrected chi connectivity index (χ4v) is 6.96. The number of rotatable bonds is 8. The van der Waals surface area contributed by atoms with E-state index in [1.807, 2.05) is 62.4 Å². The van der Waals surface area contributed by atoms with Crippen LogP contribution < -0.4 is 24.7 Å². The Labute approximate surface area is 273 Å². The number of halogens is 2. The fourth-order valence-electron chi connectivity index (χ4n) is 5.13. The summed E-state index contributed by atoms with van der Waals surface area (Å²) in [6, 6.07) is 26.2. The van der Waals surface area contributed by atoms with E-state index in [0.29, 0.717) is 46.4 Å². The van der Waals surface area contributed by atoms with Crippen molar-refractivity contribution in [3.8, 4) is 29.1 Å². The molecule has 1 aliphatic rings. The maximum atomic E-state index is 13.1. The SMILES string of the molecule is CCOc1cc(C2C(C#N)=C(N)Oc3cc(OC(=O)c4sc5cccc(Cl)c5c4Cl)ccc32)ccc1OCc1ccc(C)cc1. The number of hydrogen-bond donors (Lipinski definition) is 1. The molecule has 0 amide bonds. The number of carbonyl (C=O) groups is 1. The first kappa shape index (κ1) is 30.4. The van der Waals surface area contributed by atoms with E-state index in [9.17, 15) is 10.1 Å². The molecule has 1 aromatic heterocycles. The van der Waals surface area contributed by atoms with E-state index in [-0.39, 0.29) is 27.1 Å². The zero-order valence-electron chi connectivity index (χ0n) is 24.2. The highest BCUT2D eigenvalue weighted by Crippen LogP contribution is 2.46. The van der Waals surface area contributed by atoms with Gasteiger partial charge in [0, 0.05) is 21.7 Å². The van der Waals surface area contributed by atoms with Crippen molar-refractivity contribution in [2.24, 2.45) is 5.73 Å². The quantitative estimate of drug-likeness (QED) is 0.131. The molecule has 0 saturated heterocycles. The fraction of sp³-hybridized carbons (Fsp3) is 0.143. The largest absolute Gasteiger partial charge is 0.490 e. The molecule has 0 saturated carbocycles. The van der Waals surface area contributed by atoms with Gasteiger partial charge in [0.2, 0.25) is 5.88 Å². The first-order valence-electron chi connectivity index (χ1n) is 14.0. The first-order valence-corrected chi connectivity index (χ1v) is 15.6. The number of hydrogen-bond acceptors (Lipinski definition) is 8. The molecule has 7 nitrogen and oxygen atoms in total. The van der Waals surface area contributed by atoms with Gasteiger partial charge in [-0.05, 0) is 55.3 Å². The number of nitriles is 1. The van der Waals surface area contributed by atoms with E-state index in [2.05, 4.69) is 6.07 Å². The molecule has 6 rings (SSSR count). The highest BCUT2D eigenvalue weighted by atomic mass is 35.5. The molecule has 0 fully saturated rings. The molecule has 2 N–H and O–H groups in total. The number of fused-ring (bicyclic) bond motifs is 2. The van der Waals surface area contributed by atoms with E-state index in [4.69, 9.17) is 47.9 Å². The predicted octanol–water partition coefficient (Wildman–Crippen LogP) is 8.93. The van der Waals surface area contributed by atoms with Crippen molar-refractivity contribution in [1.29, 1.82) is 5.26 Å². The third-order valence-electron chi connectivity index (χ3n) is 7.31. The molecule has 1 atom stereocenters. The van der Waals surface area contributed by atoms with Crippen LogP contribution in [-0.4, -0.2) is 12.6 Å². The highest BCUT2D eigenvalue weighted by molar-refractivity contribution is 7.21. The van der Waals surface area contributed by atoms with Crippen LogP contribution in [0.15, 0.2) is 90.3 Å². The van der Waals surface area contributed by atoms with Gasteiger partial charge in [0.15, 0.2) is 11.5 Å². The van der Waals surface area contributed by atoms with Crippen molar-refractivity contribution >= 4 is 50.6 Å². The second-order valence-electron chi connectivity index (χ2n) is 10.3. The van der Waals surface area contributed by atoms with Crippen LogP contribution in [0, 0.1) is 18.3 Å². The van der Waals surface area contributed by atoms with Gasteiger partial charge in [-0.2, -0.15) is 5.26 Å². The lowest BCUT2D eigenvalue weighted by Gasteiger charge is -2.27. The molecule has 5 aromatic rings. The molecular weight excluding hydrogens is 631 g/mol. The minimum Gasteiger partial charge on any atom is -0.490 e. The van der Waals surface area contributed by atoms with Crippen LogP contribution in [-0.2, 0) is 6.61 Å². The van der Waals surface area contributed by atoms with E-state index >= 15 is 0 Å². The monoisotopic (exact) mass is 656 g/mol. The Morgan fingerprint density at radius 1 is 1.02 bits per heavy atom. The van der Waals surface area contributed by atoms with Crippen molar-refractivity contribution in [2.45, 2.75) is 26.4 Å². The Balaban J connectivity index is 1.29. The second-order valence-corrected chi connectivity index (χ2v) is 12.1. The lowest BCUT2D eigenvalue weighted by atomic mass is 9.83. The smallest absolute Gasteiger partial charge is 0.355 e. The van der Waals surface area contributed by atoms with Gasteiger partial charge in [0.1, 0.15) is 34.6 Å². The molecule has 2 heterocycles. The molecular formula is C35H26Cl2N2O5S. The lowest BCUT2D eigenvalue weighted by molar-refractivity contribution is 0.0740. The van der Waals surface area contributed by atoms with Crippen molar-refractivity contribution in [2.75, 3.05) is 6.61 Å². The summed E-state index contributed by atoms with van der Waals surface area (Å²) in [6.07, 6.45) is 0. The number of esters is 1. The van der Waals surface area contributed by atoms with Crippen LogP contribution in [0.1, 0.15) is 44.8 Å². The molecule has 0 aliphatic carbocycles. The molecule has 10 heteroatoms. The number of thiophene rings is 1. The summed E-state index contributed by atoms with van der Waals surface area (Å²) in [5.74, 6) is 0.453. The summed E-state index contributed by atoms with van der Waals surface area (Å²) in [7, 11) is 0. The van der Waals surface area contributed by atoms with Crippen molar-refractivity contribution < 1.29 is 23.7 Å². The number of benzene rings is 4. The molecule has 0 spiro atoms. The Kier molecular flexibility index (Phi) is 8.59. The summed E-state index contributed by atoms with van der Waals surface area (Å²) < 4.78 is 24.4. The van der Waals surface area contributed by atoms with Crippen LogP contribution in [0.25, 0.3) is 10.1 Å². The van der Waals surface area contributed by atoms with Gasteiger partial charge in [0.25, 0.3) is 0 Å². The van der Waals surface area contributed by atoms with E-state index in [1.165, 1.54) is 16.9 Å². The Morgan fingerprint density at radius 2 is 1.82 bits per heavy atom. The summed E-state index contributed by atoms with van der Waals surface area (Å²) in [5, 5.41) is 11.4. The number of nitrogens with two attached hydrogens (primary N) is 1. The maximum Gasteiger partial charge on any atom is 0.355 e. The van der Waals surface area contributed by atoms with Crippen LogP contribution in [0.4, 0.5) is 0 Å². The summed E-state index contributed by atoms with van der Waals surface area (Å²) in [4.78, 5) is 13.4. The molecule has 0 radical (unpaired) electrons. The van der Waals surface area contributed by atoms with E-state index in [1.54, 1.807) is 30.3 Å². The molecule has 4 aromatic carbocycles. The zero-order chi connectivity index (χ0) is 31.7. The maximum absolute atomic E-state index is 13.1. The Morgan fingerprint density at radius 3 is 2.56 bits per heavy atom. The first-order chi connectivity index (χ1) is 21.8. The van der Waals surface area contributed by atoms with Gasteiger partial charge in [-0.1, -0.05) is 71.2 Å². The van der Waals surface area contributed by atoms with Gasteiger partial charge in [-0.15, -0.1) is 11.3 Å². The van der Waals surface area contributed by atoms with Crippen LogP contribution in [0.3, 0.4) is 0 Å². The zero-order valence-corrected chi connectivity index (χ0v) is 26.6. The Hall–Kier alpha value is -4.68. The van der Waals surface area contributed by atoms with Crippen LogP contribution >= 0.6 is 34.5 Å². The molecule has 226 valence electrons. The minimum atomic E-state index is -0.631. The number of carbonyl (C=O) groups excluding carboxylic acids is 1. The topological polar surface area (TPSA) is 104 Å². The number of allylic oxidation sites excluding steroid dienone is 1. The van der Waals surface area contributed by atoms with Crippen LogP contribution in [0.2, 0.25) is 10.0 Å². The van der Waals surface area contributed by atoms with E-state index in [0.717, 1.165) is 15.8 Å².